The fraction of sp³-hybridized carbons (Fsp3) is 0.800. The number of carbonyl (C=O) groups is 1. The maximum absolute atomic E-state index is 11.3. The Morgan fingerprint density at radius 2 is 1.88 bits per heavy atom. The van der Waals surface area contributed by atoms with Gasteiger partial charge in [0.1, 0.15) is 5.92 Å². The van der Waals surface area contributed by atoms with Crippen LogP contribution in [-0.4, -0.2) is 42.6 Å². The van der Waals surface area contributed by atoms with Crippen molar-refractivity contribution in [3.63, 3.8) is 0 Å². The third-order valence-electron chi connectivity index (χ3n) is 2.48. The smallest absolute Gasteiger partial charge is 0.377 e. The van der Waals surface area contributed by atoms with Crippen molar-refractivity contribution < 1.29 is 18.1 Å². The lowest BCUT2D eigenvalue weighted by Crippen LogP contribution is -2.43. The molecule has 98 valence electrons. The van der Waals surface area contributed by atoms with E-state index in [-0.39, 0.29) is 5.91 Å². The van der Waals surface area contributed by atoms with E-state index in [4.69, 9.17) is 18.5 Å². The van der Waals surface area contributed by atoms with Crippen molar-refractivity contribution in [2.24, 2.45) is 5.92 Å². The molecule has 1 unspecified atom stereocenters. The normalized spacial score (nSPS) is 12.9. The number of nitrogens with zero attached hydrogens (tertiary/aromatic N) is 1. The second-order valence-corrected chi connectivity index (χ2v) is 6.63. The zero-order valence-corrected chi connectivity index (χ0v) is 11.8. The Hall–Kier alpha value is -0.943. The first-order chi connectivity index (χ1) is 8.05. The quantitative estimate of drug-likeness (QED) is 0.508. The van der Waals surface area contributed by atoms with Crippen molar-refractivity contribution in [2.75, 3.05) is 27.9 Å². The number of rotatable bonds is 8. The Morgan fingerprint density at radius 1 is 1.35 bits per heavy atom. The van der Waals surface area contributed by atoms with E-state index in [2.05, 4.69) is 5.32 Å². The SMILES string of the molecule is CO[Si](CCCNC(=O)C(C)C#N)(OC)OC. The fourth-order valence-electron chi connectivity index (χ4n) is 1.28. The number of nitriles is 1. The van der Waals surface area contributed by atoms with Crippen molar-refractivity contribution in [3.8, 4) is 6.07 Å². The Bertz CT molecular complexity index is 268. The van der Waals surface area contributed by atoms with Crippen molar-refractivity contribution in [1.29, 1.82) is 5.26 Å². The van der Waals surface area contributed by atoms with Gasteiger partial charge >= 0.3 is 8.80 Å². The van der Waals surface area contributed by atoms with E-state index < -0.39 is 14.7 Å². The van der Waals surface area contributed by atoms with Crippen LogP contribution in [0.4, 0.5) is 0 Å². The lowest BCUT2D eigenvalue weighted by molar-refractivity contribution is -0.122. The van der Waals surface area contributed by atoms with E-state index in [0.29, 0.717) is 19.0 Å². The zero-order valence-electron chi connectivity index (χ0n) is 10.8. The topological polar surface area (TPSA) is 80.6 Å². The van der Waals surface area contributed by atoms with E-state index in [1.807, 2.05) is 6.07 Å². The molecule has 0 saturated heterocycles. The Labute approximate surface area is 103 Å². The first-order valence-corrected chi connectivity index (χ1v) is 7.31. The molecule has 7 heteroatoms. The van der Waals surface area contributed by atoms with Gasteiger partial charge in [-0.1, -0.05) is 0 Å². The summed E-state index contributed by atoms with van der Waals surface area (Å²) in [7, 11) is 2.11. The highest BCUT2D eigenvalue weighted by atomic mass is 28.4. The van der Waals surface area contributed by atoms with Crippen LogP contribution in [0.2, 0.25) is 6.04 Å². The van der Waals surface area contributed by atoms with Crippen LogP contribution in [0.1, 0.15) is 13.3 Å². The van der Waals surface area contributed by atoms with Gasteiger partial charge < -0.3 is 18.6 Å². The van der Waals surface area contributed by atoms with Gasteiger partial charge in [0.25, 0.3) is 0 Å². The minimum absolute atomic E-state index is 0.257. The monoisotopic (exact) mass is 260 g/mol. The van der Waals surface area contributed by atoms with E-state index in [1.54, 1.807) is 28.3 Å². The van der Waals surface area contributed by atoms with Crippen LogP contribution < -0.4 is 5.32 Å². The highest BCUT2D eigenvalue weighted by Crippen LogP contribution is 2.14. The molecule has 1 N–H and O–H groups in total. The maximum Gasteiger partial charge on any atom is 0.500 e. The number of nitrogens with one attached hydrogen (secondary N) is 1. The number of amides is 1. The molecule has 0 saturated carbocycles. The molecule has 0 spiro atoms. The summed E-state index contributed by atoms with van der Waals surface area (Å²) in [4.78, 5) is 11.3. The first-order valence-electron chi connectivity index (χ1n) is 5.38. The third-order valence-corrected chi connectivity index (χ3v) is 5.31. The zero-order chi connectivity index (χ0) is 13.3. The molecule has 1 amide bonds. The van der Waals surface area contributed by atoms with Crippen LogP contribution >= 0.6 is 0 Å². The summed E-state index contributed by atoms with van der Waals surface area (Å²) >= 11 is 0. The summed E-state index contributed by atoms with van der Waals surface area (Å²) in [5, 5.41) is 11.2. The lowest BCUT2D eigenvalue weighted by Gasteiger charge is -2.24. The molecule has 0 aliphatic rings. The van der Waals surface area contributed by atoms with Crippen molar-refractivity contribution >= 4 is 14.7 Å². The molecular formula is C10H20N2O4Si. The number of hydrogen-bond donors (Lipinski definition) is 1. The van der Waals surface area contributed by atoms with Crippen LogP contribution in [0.3, 0.4) is 0 Å². The summed E-state index contributed by atoms with van der Waals surface area (Å²) < 4.78 is 15.7. The predicted octanol–water partition coefficient (Wildman–Crippen LogP) is 0.530. The van der Waals surface area contributed by atoms with Gasteiger partial charge in [0, 0.05) is 33.9 Å². The molecule has 0 fully saturated rings. The maximum atomic E-state index is 11.3. The average Bonchev–Trinajstić information content (AvgIpc) is 2.38. The van der Waals surface area contributed by atoms with Crippen LogP contribution in [0.15, 0.2) is 0 Å². The number of hydrogen-bond acceptors (Lipinski definition) is 5. The van der Waals surface area contributed by atoms with Crippen LogP contribution in [0.5, 0.6) is 0 Å². The fourth-order valence-corrected chi connectivity index (χ4v) is 3.01. The van der Waals surface area contributed by atoms with Gasteiger partial charge in [0.2, 0.25) is 5.91 Å². The van der Waals surface area contributed by atoms with Gasteiger partial charge in [0.05, 0.1) is 6.07 Å². The van der Waals surface area contributed by atoms with Gasteiger partial charge in [-0.15, -0.1) is 0 Å². The minimum Gasteiger partial charge on any atom is -0.377 e. The molecule has 0 aliphatic carbocycles. The Balaban J connectivity index is 3.92. The Kier molecular flexibility index (Phi) is 7.74. The standard InChI is InChI=1S/C10H20N2O4Si/c1-9(8-11)10(13)12-6-5-7-17(14-2,15-3)16-4/h9H,5-7H2,1-4H3,(H,12,13). The number of carbonyl (C=O) groups excluding carboxylic acids is 1. The predicted molar refractivity (Wildman–Crippen MR) is 64.0 cm³/mol. The summed E-state index contributed by atoms with van der Waals surface area (Å²) in [5.41, 5.74) is 0. The lowest BCUT2D eigenvalue weighted by atomic mass is 10.2. The molecule has 0 aromatic heterocycles. The van der Waals surface area contributed by atoms with Gasteiger partial charge in [-0.3, -0.25) is 4.79 Å². The van der Waals surface area contributed by atoms with Crippen molar-refractivity contribution in [1.82, 2.24) is 5.32 Å². The van der Waals surface area contributed by atoms with Crippen molar-refractivity contribution in [2.45, 2.75) is 19.4 Å². The molecule has 0 radical (unpaired) electrons. The molecule has 0 aliphatic heterocycles. The second-order valence-electron chi connectivity index (χ2n) is 3.54. The molecule has 0 aromatic carbocycles. The summed E-state index contributed by atoms with van der Waals surface area (Å²) in [5.74, 6) is -0.878. The highest BCUT2D eigenvalue weighted by molar-refractivity contribution is 6.60. The van der Waals surface area contributed by atoms with E-state index in [9.17, 15) is 4.79 Å². The molecular weight excluding hydrogens is 240 g/mol. The highest BCUT2D eigenvalue weighted by Gasteiger charge is 2.36. The Morgan fingerprint density at radius 3 is 2.29 bits per heavy atom. The van der Waals surface area contributed by atoms with E-state index in [1.165, 1.54) is 0 Å². The first kappa shape index (κ1) is 16.1. The molecule has 0 rings (SSSR count). The minimum atomic E-state index is -2.54. The van der Waals surface area contributed by atoms with Crippen molar-refractivity contribution in [3.05, 3.63) is 0 Å². The van der Waals surface area contributed by atoms with Gasteiger partial charge in [-0.2, -0.15) is 5.26 Å². The third kappa shape index (κ3) is 5.28. The average molecular weight is 260 g/mol. The van der Waals surface area contributed by atoms with E-state index in [0.717, 1.165) is 0 Å². The van der Waals surface area contributed by atoms with Gasteiger partial charge in [-0.25, -0.2) is 0 Å². The van der Waals surface area contributed by atoms with E-state index >= 15 is 0 Å². The summed E-state index contributed by atoms with van der Waals surface area (Å²) in [6.45, 7) is 2.05. The molecule has 0 bridgehead atoms. The van der Waals surface area contributed by atoms with Crippen LogP contribution in [0.25, 0.3) is 0 Å². The second kappa shape index (κ2) is 8.19. The van der Waals surface area contributed by atoms with Crippen LogP contribution in [-0.2, 0) is 18.1 Å². The van der Waals surface area contributed by atoms with Gasteiger partial charge in [0.15, 0.2) is 0 Å². The molecule has 0 aromatic rings. The summed E-state index contributed by atoms with van der Waals surface area (Å²) in [6, 6.07) is 2.50. The molecule has 6 nitrogen and oxygen atoms in total. The molecule has 17 heavy (non-hydrogen) atoms. The molecule has 0 heterocycles. The summed E-state index contributed by atoms with van der Waals surface area (Å²) in [6.07, 6.45) is 0.686. The molecule has 1 atom stereocenters. The van der Waals surface area contributed by atoms with Gasteiger partial charge in [-0.05, 0) is 13.3 Å². The largest absolute Gasteiger partial charge is 0.500 e. The van der Waals surface area contributed by atoms with Crippen LogP contribution in [0, 0.1) is 17.2 Å².